The largest absolute Gasteiger partial charge is 0.384 e. The molecule has 4 heteroatoms. The van der Waals surface area contributed by atoms with Crippen LogP contribution in [0.25, 0.3) is 0 Å². The molecule has 0 aliphatic carbocycles. The van der Waals surface area contributed by atoms with Gasteiger partial charge >= 0.3 is 0 Å². The van der Waals surface area contributed by atoms with Gasteiger partial charge in [-0.15, -0.1) is 11.3 Å². The Labute approximate surface area is 106 Å². The maximum atomic E-state index is 5.68. The summed E-state index contributed by atoms with van der Waals surface area (Å²) in [7, 11) is 0. The lowest BCUT2D eigenvalue weighted by molar-refractivity contribution is 0.274. The van der Waals surface area contributed by atoms with Crippen LogP contribution in [0.3, 0.4) is 0 Å². The fourth-order valence-corrected chi connectivity index (χ4v) is 2.50. The number of aromatic nitrogens is 1. The summed E-state index contributed by atoms with van der Waals surface area (Å²) in [6.07, 6.45) is 1.77. The highest BCUT2D eigenvalue weighted by atomic mass is 32.1. The Morgan fingerprint density at radius 2 is 2.24 bits per heavy atom. The summed E-state index contributed by atoms with van der Waals surface area (Å²) in [5.41, 5.74) is 6.90. The van der Waals surface area contributed by atoms with Gasteiger partial charge in [-0.1, -0.05) is 13.0 Å². The van der Waals surface area contributed by atoms with Gasteiger partial charge in [0.25, 0.3) is 0 Å². The standard InChI is InChI=1S/C13H17N3S/c1-2-16(10-12-4-3-7-17-12)9-11-5-6-15-13(14)8-11/h3-8H,2,9-10H2,1H3,(H2,14,15). The molecule has 0 amide bonds. The summed E-state index contributed by atoms with van der Waals surface area (Å²) < 4.78 is 0. The van der Waals surface area contributed by atoms with E-state index < -0.39 is 0 Å². The molecule has 0 bridgehead atoms. The first-order valence-electron chi connectivity index (χ1n) is 5.73. The molecular weight excluding hydrogens is 230 g/mol. The predicted molar refractivity (Wildman–Crippen MR) is 72.8 cm³/mol. The van der Waals surface area contributed by atoms with Crippen LogP contribution in [0.1, 0.15) is 17.4 Å². The molecule has 90 valence electrons. The van der Waals surface area contributed by atoms with E-state index in [-0.39, 0.29) is 0 Å². The second-order valence-corrected chi connectivity index (χ2v) is 5.00. The Morgan fingerprint density at radius 3 is 2.88 bits per heavy atom. The van der Waals surface area contributed by atoms with Crippen molar-refractivity contribution in [2.75, 3.05) is 12.3 Å². The molecule has 0 radical (unpaired) electrons. The lowest BCUT2D eigenvalue weighted by Crippen LogP contribution is -2.21. The molecule has 3 nitrogen and oxygen atoms in total. The molecule has 17 heavy (non-hydrogen) atoms. The minimum absolute atomic E-state index is 0.592. The molecule has 0 saturated heterocycles. The minimum Gasteiger partial charge on any atom is -0.384 e. The lowest BCUT2D eigenvalue weighted by Gasteiger charge is -2.19. The van der Waals surface area contributed by atoms with Gasteiger partial charge in [-0.05, 0) is 35.7 Å². The van der Waals surface area contributed by atoms with Crippen LogP contribution in [0, 0.1) is 0 Å². The van der Waals surface area contributed by atoms with E-state index in [1.54, 1.807) is 17.5 Å². The van der Waals surface area contributed by atoms with Crippen LogP contribution < -0.4 is 5.73 Å². The van der Waals surface area contributed by atoms with Crippen molar-refractivity contribution in [3.63, 3.8) is 0 Å². The third-order valence-electron chi connectivity index (χ3n) is 2.66. The van der Waals surface area contributed by atoms with Crippen molar-refractivity contribution in [3.8, 4) is 0 Å². The van der Waals surface area contributed by atoms with E-state index in [1.807, 2.05) is 12.1 Å². The molecule has 0 saturated carbocycles. The summed E-state index contributed by atoms with van der Waals surface area (Å²) in [5.74, 6) is 0.592. The van der Waals surface area contributed by atoms with Gasteiger partial charge in [0, 0.05) is 24.2 Å². The predicted octanol–water partition coefficient (Wildman–Crippen LogP) is 2.75. The Bertz CT molecular complexity index is 453. The van der Waals surface area contributed by atoms with Gasteiger partial charge < -0.3 is 5.73 Å². The number of nitrogens with zero attached hydrogens (tertiary/aromatic N) is 2. The molecule has 0 fully saturated rings. The summed E-state index contributed by atoms with van der Waals surface area (Å²) in [4.78, 5) is 7.80. The normalized spacial score (nSPS) is 10.9. The number of nitrogen functional groups attached to an aromatic ring is 1. The average molecular weight is 247 g/mol. The zero-order valence-electron chi connectivity index (χ0n) is 9.97. The molecule has 0 aliphatic rings. The molecule has 2 aromatic rings. The van der Waals surface area contributed by atoms with Gasteiger partial charge in [-0.2, -0.15) is 0 Å². The van der Waals surface area contributed by atoms with Crippen LogP contribution in [0.5, 0.6) is 0 Å². The van der Waals surface area contributed by atoms with E-state index in [0.29, 0.717) is 5.82 Å². The molecule has 2 rings (SSSR count). The van der Waals surface area contributed by atoms with Crippen molar-refractivity contribution >= 4 is 17.2 Å². The topological polar surface area (TPSA) is 42.2 Å². The second-order valence-electron chi connectivity index (χ2n) is 3.97. The molecule has 2 N–H and O–H groups in total. The quantitative estimate of drug-likeness (QED) is 0.883. The highest BCUT2D eigenvalue weighted by molar-refractivity contribution is 7.09. The van der Waals surface area contributed by atoms with Crippen molar-refractivity contribution in [1.82, 2.24) is 9.88 Å². The number of hydrogen-bond acceptors (Lipinski definition) is 4. The smallest absolute Gasteiger partial charge is 0.123 e. The molecule has 0 unspecified atom stereocenters. The number of pyridine rings is 1. The fourth-order valence-electron chi connectivity index (χ4n) is 1.75. The van der Waals surface area contributed by atoms with Crippen LogP contribution in [0.2, 0.25) is 0 Å². The van der Waals surface area contributed by atoms with Crippen molar-refractivity contribution in [2.45, 2.75) is 20.0 Å². The summed E-state index contributed by atoms with van der Waals surface area (Å²) in [6, 6.07) is 8.23. The molecular formula is C13H17N3S. The van der Waals surface area contributed by atoms with Crippen LogP contribution >= 0.6 is 11.3 Å². The first-order valence-corrected chi connectivity index (χ1v) is 6.61. The van der Waals surface area contributed by atoms with Gasteiger partial charge in [-0.25, -0.2) is 4.98 Å². The summed E-state index contributed by atoms with van der Waals surface area (Å²) in [5, 5.41) is 2.12. The highest BCUT2D eigenvalue weighted by Crippen LogP contribution is 2.14. The lowest BCUT2D eigenvalue weighted by atomic mass is 10.2. The molecule has 0 aromatic carbocycles. The van der Waals surface area contributed by atoms with E-state index in [4.69, 9.17) is 5.73 Å². The van der Waals surface area contributed by atoms with Gasteiger partial charge in [0.2, 0.25) is 0 Å². The SMILES string of the molecule is CCN(Cc1ccnc(N)c1)Cc1cccs1. The maximum Gasteiger partial charge on any atom is 0.123 e. The minimum atomic E-state index is 0.592. The number of thiophene rings is 1. The van der Waals surface area contributed by atoms with Gasteiger partial charge in [0.05, 0.1) is 0 Å². The highest BCUT2D eigenvalue weighted by Gasteiger charge is 2.05. The first-order chi connectivity index (χ1) is 8.28. The van der Waals surface area contributed by atoms with Gasteiger partial charge in [0.15, 0.2) is 0 Å². The molecule has 2 aromatic heterocycles. The van der Waals surface area contributed by atoms with Gasteiger partial charge in [0.1, 0.15) is 5.82 Å². The third-order valence-corrected chi connectivity index (χ3v) is 3.52. The van der Waals surface area contributed by atoms with Gasteiger partial charge in [-0.3, -0.25) is 4.90 Å². The van der Waals surface area contributed by atoms with Crippen molar-refractivity contribution < 1.29 is 0 Å². The zero-order chi connectivity index (χ0) is 12.1. The van der Waals surface area contributed by atoms with E-state index in [2.05, 4.69) is 34.3 Å². The van der Waals surface area contributed by atoms with E-state index in [9.17, 15) is 0 Å². The average Bonchev–Trinajstić information content (AvgIpc) is 2.81. The number of nitrogens with two attached hydrogens (primary N) is 1. The van der Waals surface area contributed by atoms with Crippen molar-refractivity contribution in [3.05, 3.63) is 46.3 Å². The first kappa shape index (κ1) is 12.1. The van der Waals surface area contributed by atoms with E-state index in [0.717, 1.165) is 19.6 Å². The Hall–Kier alpha value is -1.39. The fraction of sp³-hybridized carbons (Fsp3) is 0.308. The molecule has 0 aliphatic heterocycles. The Morgan fingerprint density at radius 1 is 1.35 bits per heavy atom. The Balaban J connectivity index is 2.00. The van der Waals surface area contributed by atoms with E-state index in [1.165, 1.54) is 10.4 Å². The third kappa shape index (κ3) is 3.54. The molecule has 0 spiro atoms. The monoisotopic (exact) mass is 247 g/mol. The van der Waals surface area contributed by atoms with Crippen molar-refractivity contribution in [1.29, 1.82) is 0 Å². The van der Waals surface area contributed by atoms with Crippen LogP contribution in [-0.2, 0) is 13.1 Å². The number of anilines is 1. The van der Waals surface area contributed by atoms with Crippen LogP contribution in [-0.4, -0.2) is 16.4 Å². The summed E-state index contributed by atoms with van der Waals surface area (Å²) in [6.45, 7) is 5.12. The van der Waals surface area contributed by atoms with Crippen LogP contribution in [0.4, 0.5) is 5.82 Å². The number of hydrogen-bond donors (Lipinski definition) is 1. The van der Waals surface area contributed by atoms with E-state index >= 15 is 0 Å². The zero-order valence-corrected chi connectivity index (χ0v) is 10.8. The summed E-state index contributed by atoms with van der Waals surface area (Å²) >= 11 is 1.80. The molecule has 2 heterocycles. The molecule has 0 atom stereocenters. The van der Waals surface area contributed by atoms with Crippen molar-refractivity contribution in [2.24, 2.45) is 0 Å². The maximum absolute atomic E-state index is 5.68. The second kappa shape index (κ2) is 5.80. The Kier molecular flexibility index (Phi) is 4.12. The number of rotatable bonds is 5. The van der Waals surface area contributed by atoms with Crippen LogP contribution in [0.15, 0.2) is 35.8 Å².